The summed E-state index contributed by atoms with van der Waals surface area (Å²) in [5, 5.41) is 5.37. The van der Waals surface area contributed by atoms with E-state index in [1.54, 1.807) is 6.20 Å². The van der Waals surface area contributed by atoms with Crippen LogP contribution in [0.15, 0.2) is 29.8 Å². The molecule has 2 heterocycles. The highest BCUT2D eigenvalue weighted by atomic mass is 32.1. The summed E-state index contributed by atoms with van der Waals surface area (Å²) in [6.07, 6.45) is 3.85. The number of ketones is 1. The summed E-state index contributed by atoms with van der Waals surface area (Å²) in [5.74, 6) is 1.20. The minimum Gasteiger partial charge on any atom is -0.486 e. The van der Waals surface area contributed by atoms with E-state index < -0.39 is 5.60 Å². The molecule has 6 heteroatoms. The molecule has 5 nitrogen and oxygen atoms in total. The van der Waals surface area contributed by atoms with Gasteiger partial charge in [-0.05, 0) is 37.8 Å². The van der Waals surface area contributed by atoms with Crippen LogP contribution in [0.4, 0.5) is 5.13 Å². The Bertz CT molecular complexity index is 879. The molecule has 4 atom stereocenters. The van der Waals surface area contributed by atoms with Gasteiger partial charge in [0.15, 0.2) is 10.9 Å². The molecular weight excluding hydrogens is 336 g/mol. The molecule has 1 aromatic heterocycles. The van der Waals surface area contributed by atoms with Crippen molar-refractivity contribution in [3.05, 3.63) is 40.9 Å². The van der Waals surface area contributed by atoms with E-state index in [1.165, 1.54) is 11.3 Å². The van der Waals surface area contributed by atoms with E-state index >= 15 is 0 Å². The predicted molar refractivity (Wildman–Crippen MR) is 93.9 cm³/mol. The van der Waals surface area contributed by atoms with Crippen molar-refractivity contribution in [3.63, 3.8) is 0 Å². The lowest BCUT2D eigenvalue weighted by Crippen LogP contribution is -2.44. The van der Waals surface area contributed by atoms with Crippen molar-refractivity contribution >= 4 is 28.2 Å². The zero-order valence-corrected chi connectivity index (χ0v) is 14.6. The summed E-state index contributed by atoms with van der Waals surface area (Å²) in [4.78, 5) is 29.4. The molecule has 1 aromatic carbocycles. The first-order valence-corrected chi connectivity index (χ1v) is 9.49. The summed E-state index contributed by atoms with van der Waals surface area (Å²) in [7, 11) is 0. The third-order valence-electron chi connectivity index (χ3n) is 5.85. The molecule has 1 N–H and O–H groups in total. The number of benzene rings is 1. The first-order valence-electron chi connectivity index (χ1n) is 8.61. The minimum atomic E-state index is -0.505. The van der Waals surface area contributed by atoms with Crippen molar-refractivity contribution in [2.75, 3.05) is 5.32 Å². The molecule has 2 saturated carbocycles. The number of nitrogens with zero attached hydrogens (tertiary/aromatic N) is 1. The number of rotatable bonds is 2. The van der Waals surface area contributed by atoms with Gasteiger partial charge in [0.05, 0.1) is 12.0 Å². The second-order valence-electron chi connectivity index (χ2n) is 7.35. The number of hydrogen-bond acceptors (Lipinski definition) is 5. The summed E-state index contributed by atoms with van der Waals surface area (Å²) in [6, 6.07) is 5.76. The van der Waals surface area contributed by atoms with E-state index in [2.05, 4.69) is 10.3 Å². The number of aryl methyl sites for hydroxylation is 1. The van der Waals surface area contributed by atoms with Gasteiger partial charge in [-0.15, -0.1) is 11.3 Å². The summed E-state index contributed by atoms with van der Waals surface area (Å²) < 4.78 is 6.36. The molecular formula is C19H18N2O3S. The Kier molecular flexibility index (Phi) is 3.10. The second kappa shape index (κ2) is 5.14. The van der Waals surface area contributed by atoms with Crippen molar-refractivity contribution in [1.29, 1.82) is 0 Å². The highest BCUT2D eigenvalue weighted by Gasteiger charge is 2.70. The van der Waals surface area contributed by atoms with Gasteiger partial charge in [0.25, 0.3) is 0 Å². The molecule has 2 aromatic rings. The normalized spacial score (nSPS) is 32.0. The van der Waals surface area contributed by atoms with Crippen LogP contribution in [0.1, 0.15) is 35.2 Å². The number of fused-ring (bicyclic) bond motifs is 3. The van der Waals surface area contributed by atoms with E-state index in [0.717, 1.165) is 18.4 Å². The smallest absolute Gasteiger partial charge is 0.230 e. The summed E-state index contributed by atoms with van der Waals surface area (Å²) in [6.45, 7) is 1.98. The monoisotopic (exact) mass is 354 g/mol. The van der Waals surface area contributed by atoms with Crippen molar-refractivity contribution in [1.82, 2.24) is 4.98 Å². The lowest BCUT2D eigenvalue weighted by atomic mass is 9.84. The van der Waals surface area contributed by atoms with E-state index in [4.69, 9.17) is 4.74 Å². The molecule has 2 fully saturated rings. The minimum absolute atomic E-state index is 0.00905. The standard InChI is InChI=1S/C19H18N2O3S/c1-10-2-3-14-12(8-10)13(22)9-19(24-14)5-4-11-15(16(11)19)17(23)21-18-20-6-7-25-18/h2-3,6-8,11,15-16H,4-5,9H2,1H3,(H,20,21,23)/t11-,15+,16+,19+/m0/s1. The Hall–Kier alpha value is -2.21. The molecule has 3 aliphatic rings. The van der Waals surface area contributed by atoms with Gasteiger partial charge in [-0.1, -0.05) is 11.6 Å². The van der Waals surface area contributed by atoms with Gasteiger partial charge in [0, 0.05) is 23.4 Å². The zero-order chi connectivity index (χ0) is 17.2. The van der Waals surface area contributed by atoms with Crippen LogP contribution in [0.3, 0.4) is 0 Å². The van der Waals surface area contributed by atoms with Crippen molar-refractivity contribution in [3.8, 4) is 5.75 Å². The van der Waals surface area contributed by atoms with Crippen LogP contribution in [0.2, 0.25) is 0 Å². The van der Waals surface area contributed by atoms with Gasteiger partial charge in [-0.3, -0.25) is 9.59 Å². The van der Waals surface area contributed by atoms with Crippen LogP contribution in [0.25, 0.3) is 0 Å². The maximum atomic E-state index is 12.7. The first-order chi connectivity index (χ1) is 12.1. The second-order valence-corrected chi connectivity index (χ2v) is 8.24. The highest BCUT2D eigenvalue weighted by molar-refractivity contribution is 7.13. The summed E-state index contributed by atoms with van der Waals surface area (Å²) in [5.41, 5.74) is 1.23. The van der Waals surface area contributed by atoms with Crippen molar-refractivity contribution in [2.45, 2.75) is 31.8 Å². The number of nitrogens with one attached hydrogen (secondary N) is 1. The average molecular weight is 354 g/mol. The number of carbonyl (C=O) groups excluding carboxylic acids is 2. The molecule has 0 unspecified atom stereocenters. The largest absolute Gasteiger partial charge is 0.486 e. The molecule has 1 aliphatic heterocycles. The third-order valence-corrected chi connectivity index (χ3v) is 6.54. The number of hydrogen-bond donors (Lipinski definition) is 1. The van der Waals surface area contributed by atoms with Gasteiger partial charge in [0.2, 0.25) is 5.91 Å². The number of anilines is 1. The van der Waals surface area contributed by atoms with Gasteiger partial charge >= 0.3 is 0 Å². The number of thiazole rings is 1. The Morgan fingerprint density at radius 2 is 2.32 bits per heavy atom. The molecule has 0 bridgehead atoms. The number of ether oxygens (including phenoxy) is 1. The molecule has 1 amide bonds. The lowest BCUT2D eigenvalue weighted by molar-refractivity contribution is -0.119. The topological polar surface area (TPSA) is 68.3 Å². The van der Waals surface area contributed by atoms with Gasteiger partial charge in [-0.25, -0.2) is 4.98 Å². The Balaban J connectivity index is 1.40. The summed E-state index contributed by atoms with van der Waals surface area (Å²) >= 11 is 1.42. The first kappa shape index (κ1) is 15.1. The average Bonchev–Trinajstić information content (AvgIpc) is 2.91. The molecule has 0 radical (unpaired) electrons. The number of aromatic nitrogens is 1. The van der Waals surface area contributed by atoms with Crippen LogP contribution in [-0.2, 0) is 4.79 Å². The molecule has 5 rings (SSSR count). The van der Waals surface area contributed by atoms with Crippen LogP contribution in [-0.4, -0.2) is 22.3 Å². The zero-order valence-electron chi connectivity index (χ0n) is 13.8. The van der Waals surface area contributed by atoms with Crippen LogP contribution < -0.4 is 10.1 Å². The van der Waals surface area contributed by atoms with E-state index in [0.29, 0.717) is 28.8 Å². The third kappa shape index (κ3) is 2.24. The molecule has 25 heavy (non-hydrogen) atoms. The van der Waals surface area contributed by atoms with E-state index in [1.807, 2.05) is 30.5 Å². The fourth-order valence-electron chi connectivity index (χ4n) is 4.76. The predicted octanol–water partition coefficient (Wildman–Crippen LogP) is 3.45. The Labute approximate surface area is 149 Å². The van der Waals surface area contributed by atoms with Gasteiger partial charge in [0.1, 0.15) is 11.4 Å². The molecule has 128 valence electrons. The Morgan fingerprint density at radius 3 is 3.12 bits per heavy atom. The maximum absolute atomic E-state index is 12.7. The van der Waals surface area contributed by atoms with Gasteiger partial charge < -0.3 is 10.1 Å². The van der Waals surface area contributed by atoms with Crippen LogP contribution >= 0.6 is 11.3 Å². The van der Waals surface area contributed by atoms with E-state index in [-0.39, 0.29) is 23.5 Å². The number of Topliss-reactive ketones (excluding diaryl/α,β-unsaturated/α-hetero) is 1. The quantitative estimate of drug-likeness (QED) is 0.897. The molecule has 0 saturated heterocycles. The van der Waals surface area contributed by atoms with Crippen molar-refractivity contribution in [2.24, 2.45) is 17.8 Å². The maximum Gasteiger partial charge on any atom is 0.230 e. The number of carbonyl (C=O) groups is 2. The fourth-order valence-corrected chi connectivity index (χ4v) is 5.29. The lowest BCUT2D eigenvalue weighted by Gasteiger charge is -2.37. The SMILES string of the molecule is Cc1ccc2c(c1)C(=O)C[C@@]1(CC[C@H]3[C@@H](C(=O)Nc4nccs4)[C@@H]31)O2. The number of amides is 1. The highest BCUT2D eigenvalue weighted by Crippen LogP contribution is 2.65. The molecule has 2 aliphatic carbocycles. The Morgan fingerprint density at radius 1 is 1.44 bits per heavy atom. The fraction of sp³-hybridized carbons (Fsp3) is 0.421. The van der Waals surface area contributed by atoms with Crippen molar-refractivity contribution < 1.29 is 14.3 Å². The molecule has 1 spiro atoms. The van der Waals surface area contributed by atoms with Gasteiger partial charge in [-0.2, -0.15) is 0 Å². The van der Waals surface area contributed by atoms with Crippen LogP contribution in [0.5, 0.6) is 5.75 Å². The van der Waals surface area contributed by atoms with Crippen LogP contribution in [0, 0.1) is 24.7 Å². The van der Waals surface area contributed by atoms with E-state index in [9.17, 15) is 9.59 Å².